The summed E-state index contributed by atoms with van der Waals surface area (Å²) < 4.78 is 9.00. The normalized spacial score (nSPS) is 18.6. The standard InChI is InChI=1S/C15H18BrN3O/c1-11(10-19-6-2-5-18-19)17-9-14-8-12-7-13(16)3-4-15(12)20-14/h2-7,11,14,17H,8-10H2,1H3. The van der Waals surface area contributed by atoms with Crippen LogP contribution in [-0.4, -0.2) is 28.5 Å². The number of benzene rings is 1. The molecule has 0 bridgehead atoms. The van der Waals surface area contributed by atoms with Crippen molar-refractivity contribution in [3.63, 3.8) is 0 Å². The molecule has 0 aliphatic carbocycles. The maximum Gasteiger partial charge on any atom is 0.123 e. The summed E-state index contributed by atoms with van der Waals surface area (Å²) in [5.41, 5.74) is 1.28. The van der Waals surface area contributed by atoms with Crippen molar-refractivity contribution in [3.8, 4) is 5.75 Å². The molecule has 0 radical (unpaired) electrons. The van der Waals surface area contributed by atoms with Gasteiger partial charge in [0.25, 0.3) is 0 Å². The molecule has 0 saturated heterocycles. The average Bonchev–Trinajstić information content (AvgIpc) is 3.04. The smallest absolute Gasteiger partial charge is 0.123 e. The number of ether oxygens (including phenoxy) is 1. The lowest BCUT2D eigenvalue weighted by molar-refractivity contribution is 0.219. The Labute approximate surface area is 127 Å². The number of rotatable bonds is 5. The molecular weight excluding hydrogens is 318 g/mol. The third kappa shape index (κ3) is 3.22. The Morgan fingerprint density at radius 1 is 1.55 bits per heavy atom. The van der Waals surface area contributed by atoms with Crippen LogP contribution in [0.4, 0.5) is 0 Å². The van der Waals surface area contributed by atoms with Gasteiger partial charge in [0.1, 0.15) is 11.9 Å². The molecule has 5 heteroatoms. The number of fused-ring (bicyclic) bond motifs is 1. The summed E-state index contributed by atoms with van der Waals surface area (Å²) >= 11 is 3.50. The van der Waals surface area contributed by atoms with Gasteiger partial charge in [0, 0.05) is 35.9 Å². The van der Waals surface area contributed by atoms with Crippen molar-refractivity contribution in [3.05, 3.63) is 46.7 Å². The maximum absolute atomic E-state index is 5.94. The Hall–Kier alpha value is -1.33. The van der Waals surface area contributed by atoms with Crippen LogP contribution in [0.5, 0.6) is 5.75 Å². The molecule has 3 rings (SSSR count). The molecule has 1 N–H and O–H groups in total. The first kappa shape index (κ1) is 13.6. The van der Waals surface area contributed by atoms with Crippen LogP contribution in [0.3, 0.4) is 0 Å². The minimum Gasteiger partial charge on any atom is -0.488 e. The van der Waals surface area contributed by atoms with E-state index in [1.54, 1.807) is 6.20 Å². The topological polar surface area (TPSA) is 39.1 Å². The first-order chi connectivity index (χ1) is 9.70. The molecule has 0 amide bonds. The second-order valence-corrected chi connectivity index (χ2v) is 6.15. The molecule has 1 aliphatic heterocycles. The lowest BCUT2D eigenvalue weighted by atomic mass is 10.1. The molecule has 0 spiro atoms. The molecule has 2 unspecified atom stereocenters. The molecule has 20 heavy (non-hydrogen) atoms. The van der Waals surface area contributed by atoms with Crippen molar-refractivity contribution in [2.45, 2.75) is 32.0 Å². The molecular formula is C15H18BrN3O. The molecule has 106 valence electrons. The first-order valence-electron chi connectivity index (χ1n) is 6.86. The van der Waals surface area contributed by atoms with E-state index in [1.807, 2.05) is 29.1 Å². The average molecular weight is 336 g/mol. The van der Waals surface area contributed by atoms with Crippen molar-refractivity contribution in [2.24, 2.45) is 0 Å². The van der Waals surface area contributed by atoms with E-state index in [1.165, 1.54) is 5.56 Å². The van der Waals surface area contributed by atoms with Crippen LogP contribution >= 0.6 is 15.9 Å². The summed E-state index contributed by atoms with van der Waals surface area (Å²) in [7, 11) is 0. The van der Waals surface area contributed by atoms with Crippen molar-refractivity contribution in [1.82, 2.24) is 15.1 Å². The van der Waals surface area contributed by atoms with Crippen LogP contribution in [0, 0.1) is 0 Å². The zero-order valence-electron chi connectivity index (χ0n) is 11.4. The fourth-order valence-electron chi connectivity index (χ4n) is 2.49. The Morgan fingerprint density at radius 3 is 3.25 bits per heavy atom. The Bertz CT molecular complexity index is 571. The van der Waals surface area contributed by atoms with Crippen molar-refractivity contribution < 1.29 is 4.74 Å². The van der Waals surface area contributed by atoms with Gasteiger partial charge in [0.15, 0.2) is 0 Å². The van der Waals surface area contributed by atoms with Gasteiger partial charge in [0.2, 0.25) is 0 Å². The van der Waals surface area contributed by atoms with Gasteiger partial charge in [-0.1, -0.05) is 15.9 Å². The Kier molecular flexibility index (Phi) is 4.08. The van der Waals surface area contributed by atoms with Crippen LogP contribution in [0.25, 0.3) is 0 Å². The third-order valence-corrected chi connectivity index (χ3v) is 3.97. The predicted octanol–water partition coefficient (Wildman–Crippen LogP) is 2.63. The molecule has 2 heterocycles. The van der Waals surface area contributed by atoms with Crippen LogP contribution in [-0.2, 0) is 13.0 Å². The van der Waals surface area contributed by atoms with E-state index in [9.17, 15) is 0 Å². The number of hydrogen-bond donors (Lipinski definition) is 1. The van der Waals surface area contributed by atoms with Gasteiger partial charge >= 0.3 is 0 Å². The van der Waals surface area contributed by atoms with Crippen LogP contribution < -0.4 is 10.1 Å². The predicted molar refractivity (Wildman–Crippen MR) is 82.0 cm³/mol. The summed E-state index contributed by atoms with van der Waals surface area (Å²) in [5.74, 6) is 1.01. The van der Waals surface area contributed by atoms with Gasteiger partial charge in [-0.2, -0.15) is 5.10 Å². The molecule has 0 fully saturated rings. The highest BCUT2D eigenvalue weighted by Crippen LogP contribution is 2.30. The summed E-state index contributed by atoms with van der Waals surface area (Å²) in [6, 6.07) is 8.51. The minimum atomic E-state index is 0.222. The summed E-state index contributed by atoms with van der Waals surface area (Å²) in [5, 5.41) is 7.73. The third-order valence-electron chi connectivity index (χ3n) is 3.48. The van der Waals surface area contributed by atoms with E-state index in [4.69, 9.17) is 4.74 Å². The monoisotopic (exact) mass is 335 g/mol. The van der Waals surface area contributed by atoms with Crippen LogP contribution in [0.15, 0.2) is 41.1 Å². The van der Waals surface area contributed by atoms with E-state index in [2.05, 4.69) is 39.3 Å². The quantitative estimate of drug-likeness (QED) is 0.912. The van der Waals surface area contributed by atoms with E-state index >= 15 is 0 Å². The zero-order valence-corrected chi connectivity index (χ0v) is 13.0. The number of nitrogens with one attached hydrogen (secondary N) is 1. The van der Waals surface area contributed by atoms with E-state index in [-0.39, 0.29) is 6.10 Å². The molecule has 4 nitrogen and oxygen atoms in total. The fraction of sp³-hybridized carbons (Fsp3) is 0.400. The number of halogens is 1. The lowest BCUT2D eigenvalue weighted by Crippen LogP contribution is -2.38. The summed E-state index contributed by atoms with van der Waals surface area (Å²) in [4.78, 5) is 0. The van der Waals surface area contributed by atoms with Crippen molar-refractivity contribution in [1.29, 1.82) is 0 Å². The number of aromatic nitrogens is 2. The summed E-state index contributed by atoms with van der Waals surface area (Å²) in [6.07, 6.45) is 4.98. The highest BCUT2D eigenvalue weighted by Gasteiger charge is 2.23. The molecule has 1 aromatic carbocycles. The largest absolute Gasteiger partial charge is 0.488 e. The van der Waals surface area contributed by atoms with Crippen molar-refractivity contribution >= 4 is 15.9 Å². The van der Waals surface area contributed by atoms with Gasteiger partial charge in [-0.25, -0.2) is 0 Å². The zero-order chi connectivity index (χ0) is 13.9. The van der Waals surface area contributed by atoms with Gasteiger partial charge in [-0.05, 0) is 36.8 Å². The highest BCUT2D eigenvalue weighted by atomic mass is 79.9. The Balaban J connectivity index is 1.48. The van der Waals surface area contributed by atoms with E-state index in [0.29, 0.717) is 6.04 Å². The molecule has 2 atom stereocenters. The summed E-state index contributed by atoms with van der Waals surface area (Å²) in [6.45, 7) is 3.90. The van der Waals surface area contributed by atoms with Crippen molar-refractivity contribution in [2.75, 3.05) is 6.54 Å². The molecule has 1 aromatic heterocycles. The Morgan fingerprint density at radius 2 is 2.45 bits per heavy atom. The van der Waals surface area contributed by atoms with E-state index in [0.717, 1.165) is 29.7 Å². The highest BCUT2D eigenvalue weighted by molar-refractivity contribution is 9.10. The number of hydrogen-bond acceptors (Lipinski definition) is 3. The minimum absolute atomic E-state index is 0.222. The molecule has 1 aliphatic rings. The van der Waals surface area contributed by atoms with Crippen LogP contribution in [0.1, 0.15) is 12.5 Å². The molecule has 2 aromatic rings. The first-order valence-corrected chi connectivity index (χ1v) is 7.66. The van der Waals surface area contributed by atoms with Gasteiger partial charge in [-0.3, -0.25) is 4.68 Å². The van der Waals surface area contributed by atoms with Crippen LogP contribution in [0.2, 0.25) is 0 Å². The van der Waals surface area contributed by atoms with Gasteiger partial charge < -0.3 is 10.1 Å². The second-order valence-electron chi connectivity index (χ2n) is 5.23. The SMILES string of the molecule is CC(Cn1cccn1)NCC1Cc2cc(Br)ccc2O1. The van der Waals surface area contributed by atoms with Gasteiger partial charge in [-0.15, -0.1) is 0 Å². The number of nitrogens with zero attached hydrogens (tertiary/aromatic N) is 2. The molecule has 0 saturated carbocycles. The lowest BCUT2D eigenvalue weighted by Gasteiger charge is -2.17. The maximum atomic E-state index is 5.94. The van der Waals surface area contributed by atoms with E-state index < -0.39 is 0 Å². The fourth-order valence-corrected chi connectivity index (χ4v) is 2.90. The van der Waals surface area contributed by atoms with Gasteiger partial charge in [0.05, 0.1) is 6.54 Å². The second kappa shape index (κ2) is 5.97.